The van der Waals surface area contributed by atoms with E-state index in [2.05, 4.69) is 22.5 Å². The van der Waals surface area contributed by atoms with Crippen LogP contribution in [0.1, 0.15) is 48.9 Å². The molecule has 1 spiro atoms. The maximum atomic E-state index is 12.3. The number of carbonyl (C=O) groups is 1. The van der Waals surface area contributed by atoms with E-state index < -0.39 is 0 Å². The monoisotopic (exact) mass is 349 g/mol. The summed E-state index contributed by atoms with van der Waals surface area (Å²) in [7, 11) is 0. The molecule has 3 atom stereocenters. The lowest BCUT2D eigenvalue weighted by molar-refractivity contribution is -0.126. The van der Waals surface area contributed by atoms with Crippen molar-refractivity contribution < 1.29 is 9.53 Å². The van der Waals surface area contributed by atoms with E-state index in [0.717, 1.165) is 30.9 Å². The molecule has 24 heavy (non-hydrogen) atoms. The Hall–Kier alpha value is -1.14. The molecule has 3 aliphatic rings. The average molecular weight is 350 g/mol. The summed E-state index contributed by atoms with van der Waals surface area (Å²) in [6.07, 6.45) is 10.2. The van der Waals surface area contributed by atoms with Gasteiger partial charge in [0.2, 0.25) is 0 Å². The largest absolute Gasteiger partial charge is 0.377 e. The van der Waals surface area contributed by atoms with E-state index >= 15 is 0 Å². The van der Waals surface area contributed by atoms with Crippen LogP contribution in [0.3, 0.4) is 0 Å². The zero-order chi connectivity index (χ0) is 16.6. The van der Waals surface area contributed by atoms with Crippen LogP contribution < -0.4 is 10.6 Å². The van der Waals surface area contributed by atoms with E-state index in [1.54, 1.807) is 11.3 Å². The Bertz CT molecular complexity index is 597. The number of hydrogen-bond acceptors (Lipinski definition) is 4. The van der Waals surface area contributed by atoms with Gasteiger partial charge in [0.25, 0.3) is 0 Å². The number of aromatic nitrogens is 1. The molecule has 0 radical (unpaired) electrons. The molecule has 0 bridgehead atoms. The van der Waals surface area contributed by atoms with E-state index in [1.807, 2.05) is 6.20 Å². The summed E-state index contributed by atoms with van der Waals surface area (Å²) in [5, 5.41) is 7.40. The van der Waals surface area contributed by atoms with Crippen LogP contribution in [0.25, 0.3) is 0 Å². The molecule has 132 valence electrons. The van der Waals surface area contributed by atoms with Crippen molar-refractivity contribution in [2.24, 2.45) is 11.3 Å². The van der Waals surface area contributed by atoms with Crippen molar-refractivity contribution >= 4 is 17.4 Å². The van der Waals surface area contributed by atoms with Gasteiger partial charge in [-0.1, -0.05) is 19.8 Å². The normalized spacial score (nSPS) is 30.1. The van der Waals surface area contributed by atoms with Crippen LogP contribution in [0.5, 0.6) is 0 Å². The Balaban J connectivity index is 1.28. The van der Waals surface area contributed by atoms with E-state index in [0.29, 0.717) is 24.6 Å². The van der Waals surface area contributed by atoms with Crippen molar-refractivity contribution in [3.8, 4) is 0 Å². The smallest absolute Gasteiger partial charge is 0.315 e. The topological polar surface area (TPSA) is 63.2 Å². The molecule has 2 heterocycles. The zero-order valence-electron chi connectivity index (χ0n) is 14.3. The zero-order valence-corrected chi connectivity index (χ0v) is 15.2. The first kappa shape index (κ1) is 16.3. The van der Waals surface area contributed by atoms with Gasteiger partial charge in [0.1, 0.15) is 0 Å². The summed E-state index contributed by atoms with van der Waals surface area (Å²) in [5.74, 6) is 0.528. The average Bonchev–Trinajstić information content (AvgIpc) is 3.31. The number of rotatable bonds is 5. The fraction of sp³-hybridized carbons (Fsp3) is 0.778. The van der Waals surface area contributed by atoms with E-state index in [9.17, 15) is 4.79 Å². The van der Waals surface area contributed by atoms with Crippen molar-refractivity contribution in [1.82, 2.24) is 15.6 Å². The predicted molar refractivity (Wildman–Crippen MR) is 94.3 cm³/mol. The van der Waals surface area contributed by atoms with Crippen LogP contribution in [-0.2, 0) is 17.6 Å². The third-order valence-corrected chi connectivity index (χ3v) is 7.35. The Morgan fingerprint density at radius 2 is 2.29 bits per heavy atom. The third-order valence-electron chi connectivity index (χ3n) is 6.15. The molecule has 0 aromatic carbocycles. The second kappa shape index (κ2) is 6.64. The Morgan fingerprint density at radius 1 is 1.46 bits per heavy atom. The number of fused-ring (bicyclic) bond motifs is 2. The highest BCUT2D eigenvalue weighted by Crippen LogP contribution is 2.60. The predicted octanol–water partition coefficient (Wildman–Crippen LogP) is 2.89. The highest BCUT2D eigenvalue weighted by molar-refractivity contribution is 7.11. The highest BCUT2D eigenvalue weighted by atomic mass is 32.1. The lowest BCUT2D eigenvalue weighted by atomic mass is 9.54. The van der Waals surface area contributed by atoms with Gasteiger partial charge in [-0.2, -0.15) is 0 Å². The number of hydrogen-bond donors (Lipinski definition) is 2. The number of carbonyl (C=O) groups excluding carboxylic acids is 1. The fourth-order valence-electron chi connectivity index (χ4n) is 5.01. The summed E-state index contributed by atoms with van der Waals surface area (Å²) in [5.41, 5.74) is 0.226. The second-order valence-corrected chi connectivity index (χ2v) is 8.59. The molecule has 3 fully saturated rings. The molecule has 4 rings (SSSR count). The summed E-state index contributed by atoms with van der Waals surface area (Å²) in [4.78, 5) is 18.1. The number of ether oxygens (including phenoxy) is 1. The van der Waals surface area contributed by atoms with Gasteiger partial charge in [0.05, 0.1) is 11.1 Å². The van der Waals surface area contributed by atoms with Gasteiger partial charge in [-0.15, -0.1) is 11.3 Å². The first-order valence-corrected chi connectivity index (χ1v) is 10.1. The van der Waals surface area contributed by atoms with Gasteiger partial charge in [-0.05, 0) is 25.7 Å². The van der Waals surface area contributed by atoms with Crippen LogP contribution in [0.15, 0.2) is 6.20 Å². The number of thiazole rings is 1. The molecule has 2 saturated carbocycles. The van der Waals surface area contributed by atoms with E-state index in [-0.39, 0.29) is 11.4 Å². The maximum Gasteiger partial charge on any atom is 0.315 e. The van der Waals surface area contributed by atoms with Gasteiger partial charge >= 0.3 is 6.03 Å². The lowest BCUT2D eigenvalue weighted by Gasteiger charge is -2.56. The van der Waals surface area contributed by atoms with E-state index in [4.69, 9.17) is 4.74 Å². The SMILES string of the molecule is CCc1cnc(CCNC(=O)N[C@@H]2[C@H]3CCO[C@H]3C23CCCC3)s1. The van der Waals surface area contributed by atoms with Crippen LogP contribution in [0.4, 0.5) is 4.79 Å². The summed E-state index contributed by atoms with van der Waals surface area (Å²) >= 11 is 1.74. The molecule has 2 amide bonds. The molecule has 1 saturated heterocycles. The molecule has 1 aliphatic heterocycles. The van der Waals surface area contributed by atoms with Crippen molar-refractivity contribution in [3.05, 3.63) is 16.1 Å². The number of nitrogens with zero attached hydrogens (tertiary/aromatic N) is 1. The fourth-order valence-corrected chi connectivity index (χ4v) is 5.87. The molecule has 0 unspecified atom stereocenters. The summed E-state index contributed by atoms with van der Waals surface area (Å²) in [6.45, 7) is 3.65. The summed E-state index contributed by atoms with van der Waals surface area (Å²) < 4.78 is 5.97. The van der Waals surface area contributed by atoms with Gasteiger partial charge in [0.15, 0.2) is 0 Å². The van der Waals surface area contributed by atoms with Gasteiger partial charge in [0, 0.05) is 48.0 Å². The van der Waals surface area contributed by atoms with Gasteiger partial charge in [-0.25, -0.2) is 9.78 Å². The number of nitrogens with one attached hydrogen (secondary N) is 2. The third kappa shape index (κ3) is 2.73. The molecule has 5 nitrogen and oxygen atoms in total. The molecule has 6 heteroatoms. The Morgan fingerprint density at radius 3 is 3.04 bits per heavy atom. The summed E-state index contributed by atoms with van der Waals surface area (Å²) in [6, 6.07) is 0.281. The number of aryl methyl sites for hydroxylation is 1. The van der Waals surface area contributed by atoms with Gasteiger partial charge in [-0.3, -0.25) is 0 Å². The minimum Gasteiger partial charge on any atom is -0.377 e. The number of amides is 2. The Labute approximate surface area is 147 Å². The Kier molecular flexibility index (Phi) is 4.52. The molecule has 1 aromatic rings. The first-order chi connectivity index (χ1) is 11.7. The van der Waals surface area contributed by atoms with E-state index in [1.165, 1.54) is 30.6 Å². The van der Waals surface area contributed by atoms with Crippen molar-refractivity contribution in [3.63, 3.8) is 0 Å². The minimum atomic E-state index is -0.0242. The first-order valence-electron chi connectivity index (χ1n) is 9.32. The van der Waals surface area contributed by atoms with Crippen molar-refractivity contribution in [2.75, 3.05) is 13.2 Å². The molecular weight excluding hydrogens is 322 g/mol. The van der Waals surface area contributed by atoms with Crippen molar-refractivity contribution in [1.29, 1.82) is 0 Å². The van der Waals surface area contributed by atoms with Crippen LogP contribution in [-0.4, -0.2) is 36.3 Å². The van der Waals surface area contributed by atoms with Crippen LogP contribution >= 0.6 is 11.3 Å². The minimum absolute atomic E-state index is 0.0242. The molecular formula is C18H27N3O2S. The second-order valence-electron chi connectivity index (χ2n) is 7.39. The molecule has 2 N–H and O–H groups in total. The lowest BCUT2D eigenvalue weighted by Crippen LogP contribution is -2.69. The van der Waals surface area contributed by atoms with Gasteiger partial charge < -0.3 is 15.4 Å². The maximum absolute atomic E-state index is 12.3. The number of urea groups is 1. The quantitative estimate of drug-likeness (QED) is 0.859. The standard InChI is InChI=1S/C18H27N3O2S/c1-2-12-11-20-14(24-12)5-9-19-17(22)21-15-13-6-10-23-16(13)18(15)7-3-4-8-18/h11,13,15-16H,2-10H2,1H3,(H2,19,21,22)/t13-,15-,16-/m1/s1. The molecule has 2 aliphatic carbocycles. The highest BCUT2D eigenvalue weighted by Gasteiger charge is 2.65. The van der Waals surface area contributed by atoms with Crippen LogP contribution in [0.2, 0.25) is 0 Å². The molecule has 1 aromatic heterocycles. The van der Waals surface area contributed by atoms with Crippen LogP contribution in [0, 0.1) is 11.3 Å². The van der Waals surface area contributed by atoms with Crippen molar-refractivity contribution in [2.45, 2.75) is 64.0 Å².